The number of benzene rings is 1. The van der Waals surface area contributed by atoms with E-state index in [-0.39, 0.29) is 17.2 Å². The number of hydrogen-bond donors (Lipinski definition) is 3. The topological polar surface area (TPSA) is 139 Å². The van der Waals surface area contributed by atoms with Gasteiger partial charge in [0.1, 0.15) is 5.69 Å². The molecule has 0 fully saturated rings. The van der Waals surface area contributed by atoms with Gasteiger partial charge in [-0.15, -0.1) is 0 Å². The Morgan fingerprint density at radius 1 is 1.52 bits per heavy atom. The predicted octanol–water partition coefficient (Wildman–Crippen LogP) is 0.190. The molecule has 0 saturated carbocycles. The molecule has 0 saturated heterocycles. The van der Waals surface area contributed by atoms with Crippen LogP contribution in [0.2, 0.25) is 0 Å². The van der Waals surface area contributed by atoms with Crippen LogP contribution in [-0.2, 0) is 10.0 Å². The second kappa shape index (κ2) is 6.35. The van der Waals surface area contributed by atoms with Crippen molar-refractivity contribution in [3.63, 3.8) is 0 Å². The average Bonchev–Trinajstić information content (AvgIpc) is 2.44. The first kappa shape index (κ1) is 17.3. The van der Waals surface area contributed by atoms with Crippen molar-refractivity contribution < 1.29 is 18.4 Å². The second-order valence-electron chi connectivity index (χ2n) is 4.59. The quantitative estimate of drug-likeness (QED) is 0.386. The van der Waals surface area contributed by atoms with Gasteiger partial charge in [-0.3, -0.25) is 16.0 Å². The van der Waals surface area contributed by atoms with Crippen molar-refractivity contribution in [2.75, 3.05) is 19.1 Å². The summed E-state index contributed by atoms with van der Waals surface area (Å²) in [6.45, 7) is 2.67. The molecule has 0 spiro atoms. The lowest BCUT2D eigenvalue weighted by Crippen LogP contribution is -2.37. The van der Waals surface area contributed by atoms with Gasteiger partial charge in [0.15, 0.2) is 0 Å². The Bertz CT molecular complexity index is 646. The van der Waals surface area contributed by atoms with E-state index in [0.29, 0.717) is 5.56 Å². The molecule has 0 aromatic heterocycles. The maximum Gasteiger partial charge on any atom is 0.295 e. The van der Waals surface area contributed by atoms with Crippen LogP contribution in [0.1, 0.15) is 12.5 Å². The van der Waals surface area contributed by atoms with Crippen LogP contribution in [0.25, 0.3) is 0 Å². The summed E-state index contributed by atoms with van der Waals surface area (Å²) in [5, 5.41) is 20.1. The highest BCUT2D eigenvalue weighted by Gasteiger charge is 2.29. The van der Waals surface area contributed by atoms with Crippen LogP contribution in [-0.4, -0.2) is 42.4 Å². The van der Waals surface area contributed by atoms with Crippen LogP contribution in [0.3, 0.4) is 0 Å². The third kappa shape index (κ3) is 3.29. The predicted molar refractivity (Wildman–Crippen MR) is 77.1 cm³/mol. The molecule has 21 heavy (non-hydrogen) atoms. The van der Waals surface area contributed by atoms with Crippen LogP contribution in [0.5, 0.6) is 0 Å². The molecule has 0 radical (unpaired) electrons. The SMILES string of the molecule is Cc1cc(NN)c([N+](=O)[O-])cc1S(=O)(=O)N(C)C(C)CO. The van der Waals surface area contributed by atoms with Crippen molar-refractivity contribution in [1.82, 2.24) is 4.31 Å². The average molecular weight is 318 g/mol. The number of aliphatic hydroxyl groups excluding tert-OH is 1. The summed E-state index contributed by atoms with van der Waals surface area (Å²) in [4.78, 5) is 10.1. The number of nitro benzene ring substituents is 1. The van der Waals surface area contributed by atoms with E-state index in [9.17, 15) is 18.5 Å². The lowest BCUT2D eigenvalue weighted by Gasteiger charge is -2.23. The molecule has 1 aromatic carbocycles. The van der Waals surface area contributed by atoms with E-state index in [2.05, 4.69) is 5.43 Å². The summed E-state index contributed by atoms with van der Waals surface area (Å²) in [6, 6.07) is 1.60. The Balaban J connectivity index is 3.50. The van der Waals surface area contributed by atoms with Gasteiger partial charge in [-0.1, -0.05) is 0 Å². The van der Waals surface area contributed by atoms with Crippen molar-refractivity contribution in [1.29, 1.82) is 0 Å². The summed E-state index contributed by atoms with van der Waals surface area (Å²) in [5.41, 5.74) is 2.06. The first-order valence-electron chi connectivity index (χ1n) is 6.01. The molecule has 1 unspecified atom stereocenters. The smallest absolute Gasteiger partial charge is 0.295 e. The highest BCUT2D eigenvalue weighted by molar-refractivity contribution is 7.89. The Hall–Kier alpha value is -1.75. The minimum Gasteiger partial charge on any atom is -0.395 e. The minimum absolute atomic E-state index is 0.0225. The highest BCUT2D eigenvalue weighted by Crippen LogP contribution is 2.31. The second-order valence-corrected chi connectivity index (χ2v) is 6.56. The summed E-state index contributed by atoms with van der Waals surface area (Å²) in [5.74, 6) is 5.20. The standard InChI is InChI=1S/C11H18N4O5S/c1-7-4-9(13-12)10(15(17)18)5-11(7)21(19,20)14(3)8(2)6-16/h4-5,8,13,16H,6,12H2,1-3H3. The molecule has 0 aliphatic heterocycles. The van der Waals surface area contributed by atoms with Crippen LogP contribution in [0.15, 0.2) is 17.0 Å². The number of anilines is 1. The van der Waals surface area contributed by atoms with Crippen molar-refractivity contribution in [2.45, 2.75) is 24.8 Å². The van der Waals surface area contributed by atoms with E-state index in [4.69, 9.17) is 10.9 Å². The number of nitro groups is 1. The Kier molecular flexibility index (Phi) is 5.23. The number of aliphatic hydroxyl groups is 1. The number of nitrogens with two attached hydrogens (primary N) is 1. The van der Waals surface area contributed by atoms with E-state index in [1.807, 2.05) is 0 Å². The molecule has 1 atom stereocenters. The first-order valence-corrected chi connectivity index (χ1v) is 7.45. The number of nitrogens with one attached hydrogen (secondary N) is 1. The van der Waals surface area contributed by atoms with E-state index in [1.54, 1.807) is 0 Å². The van der Waals surface area contributed by atoms with Gasteiger partial charge in [0.25, 0.3) is 5.69 Å². The number of aryl methyl sites for hydroxylation is 1. The Morgan fingerprint density at radius 3 is 2.52 bits per heavy atom. The third-order valence-electron chi connectivity index (χ3n) is 3.19. The van der Waals surface area contributed by atoms with Gasteiger partial charge in [0, 0.05) is 19.2 Å². The monoisotopic (exact) mass is 318 g/mol. The molecule has 0 bridgehead atoms. The summed E-state index contributed by atoms with van der Waals surface area (Å²) in [6.07, 6.45) is 0. The molecule has 0 heterocycles. The number of nitrogen functional groups attached to an aromatic ring is 1. The van der Waals surface area contributed by atoms with Gasteiger partial charge in [-0.2, -0.15) is 4.31 Å². The summed E-state index contributed by atoms with van der Waals surface area (Å²) >= 11 is 0. The first-order chi connectivity index (χ1) is 9.66. The van der Waals surface area contributed by atoms with Crippen molar-refractivity contribution in [2.24, 2.45) is 5.84 Å². The Labute approximate surface area is 122 Å². The van der Waals surface area contributed by atoms with Gasteiger partial charge in [-0.05, 0) is 25.5 Å². The number of sulfonamides is 1. The van der Waals surface area contributed by atoms with E-state index < -0.39 is 26.7 Å². The van der Waals surface area contributed by atoms with E-state index in [0.717, 1.165) is 10.4 Å². The highest BCUT2D eigenvalue weighted by atomic mass is 32.2. The molecule has 0 aliphatic carbocycles. The maximum absolute atomic E-state index is 12.5. The van der Waals surface area contributed by atoms with Gasteiger partial charge in [0.2, 0.25) is 10.0 Å². The van der Waals surface area contributed by atoms with Gasteiger partial charge in [-0.25, -0.2) is 8.42 Å². The van der Waals surface area contributed by atoms with E-state index in [1.165, 1.54) is 27.0 Å². The number of hydrogen-bond acceptors (Lipinski definition) is 7. The molecular weight excluding hydrogens is 300 g/mol. The lowest BCUT2D eigenvalue weighted by molar-refractivity contribution is -0.384. The zero-order valence-electron chi connectivity index (χ0n) is 11.9. The molecule has 9 nitrogen and oxygen atoms in total. The Morgan fingerprint density at radius 2 is 2.10 bits per heavy atom. The molecule has 0 aliphatic rings. The fourth-order valence-electron chi connectivity index (χ4n) is 1.73. The number of nitrogens with zero attached hydrogens (tertiary/aromatic N) is 2. The number of hydrazine groups is 1. The minimum atomic E-state index is -3.96. The largest absolute Gasteiger partial charge is 0.395 e. The van der Waals surface area contributed by atoms with Gasteiger partial charge >= 0.3 is 0 Å². The van der Waals surface area contributed by atoms with Gasteiger partial charge < -0.3 is 10.5 Å². The van der Waals surface area contributed by atoms with Crippen LogP contribution in [0, 0.1) is 17.0 Å². The molecule has 0 amide bonds. The normalized spacial score (nSPS) is 13.2. The molecule has 1 aromatic rings. The fourth-order valence-corrected chi connectivity index (χ4v) is 3.31. The summed E-state index contributed by atoms with van der Waals surface area (Å²) in [7, 11) is -2.66. The zero-order chi connectivity index (χ0) is 16.4. The lowest BCUT2D eigenvalue weighted by atomic mass is 10.2. The van der Waals surface area contributed by atoms with Crippen LogP contribution >= 0.6 is 0 Å². The summed E-state index contributed by atoms with van der Waals surface area (Å²) < 4.78 is 25.9. The maximum atomic E-state index is 12.5. The van der Waals surface area contributed by atoms with Crippen LogP contribution in [0.4, 0.5) is 11.4 Å². The number of likely N-dealkylation sites (N-methyl/N-ethyl adjacent to an activating group) is 1. The van der Waals surface area contributed by atoms with Gasteiger partial charge in [0.05, 0.1) is 16.4 Å². The molecule has 118 valence electrons. The number of rotatable bonds is 6. The molecule has 4 N–H and O–H groups in total. The van der Waals surface area contributed by atoms with E-state index >= 15 is 0 Å². The third-order valence-corrected chi connectivity index (χ3v) is 5.30. The zero-order valence-corrected chi connectivity index (χ0v) is 12.7. The molecular formula is C11H18N4O5S. The van der Waals surface area contributed by atoms with Crippen molar-refractivity contribution >= 4 is 21.4 Å². The van der Waals surface area contributed by atoms with Crippen molar-refractivity contribution in [3.8, 4) is 0 Å². The van der Waals surface area contributed by atoms with Crippen LogP contribution < -0.4 is 11.3 Å². The van der Waals surface area contributed by atoms with Crippen molar-refractivity contribution in [3.05, 3.63) is 27.8 Å². The molecule has 10 heteroatoms. The molecule has 1 rings (SSSR count). The fraction of sp³-hybridized carbons (Fsp3) is 0.455.